The van der Waals surface area contributed by atoms with Gasteiger partial charge in [-0.15, -0.1) is 23.1 Å². The molecule has 19 heavy (non-hydrogen) atoms. The highest BCUT2D eigenvalue weighted by molar-refractivity contribution is 7.98. The molecule has 3 aromatic rings. The topological polar surface area (TPSA) is 37.8 Å². The molecule has 0 amide bonds. The molecule has 0 radical (unpaired) electrons. The van der Waals surface area contributed by atoms with E-state index in [4.69, 9.17) is 11.6 Å². The van der Waals surface area contributed by atoms with Gasteiger partial charge >= 0.3 is 0 Å². The quantitative estimate of drug-likeness (QED) is 0.556. The van der Waals surface area contributed by atoms with E-state index in [2.05, 4.69) is 21.4 Å². The van der Waals surface area contributed by atoms with Crippen molar-refractivity contribution >= 4 is 56.4 Å². The number of thiophene rings is 1. The highest BCUT2D eigenvalue weighted by Crippen LogP contribution is 2.32. The third-order valence-corrected chi connectivity index (χ3v) is 4.43. The van der Waals surface area contributed by atoms with Gasteiger partial charge in [0.2, 0.25) is 5.28 Å². The molecular formula is C13H10ClN3S2. The van der Waals surface area contributed by atoms with E-state index >= 15 is 0 Å². The van der Waals surface area contributed by atoms with Gasteiger partial charge in [0.15, 0.2) is 0 Å². The van der Waals surface area contributed by atoms with Crippen LogP contribution in [0, 0.1) is 0 Å². The number of fused-ring (bicyclic) bond motifs is 1. The highest BCUT2D eigenvalue weighted by atomic mass is 35.5. The average molecular weight is 308 g/mol. The number of para-hydroxylation sites is 1. The lowest BCUT2D eigenvalue weighted by Crippen LogP contribution is -1.97. The van der Waals surface area contributed by atoms with Gasteiger partial charge in [-0.05, 0) is 41.4 Å². The number of nitrogens with one attached hydrogen (secondary N) is 1. The van der Waals surface area contributed by atoms with Crippen molar-refractivity contribution in [2.75, 3.05) is 11.6 Å². The second-order valence-electron chi connectivity index (χ2n) is 3.81. The third-order valence-electron chi connectivity index (χ3n) is 2.66. The summed E-state index contributed by atoms with van der Waals surface area (Å²) < 4.78 is 0. The van der Waals surface area contributed by atoms with Crippen molar-refractivity contribution in [3.05, 3.63) is 41.0 Å². The summed E-state index contributed by atoms with van der Waals surface area (Å²) in [5, 5.41) is 6.59. The van der Waals surface area contributed by atoms with Gasteiger partial charge in [-0.3, -0.25) is 0 Å². The molecule has 0 aliphatic rings. The van der Waals surface area contributed by atoms with Crippen LogP contribution in [0.15, 0.2) is 40.6 Å². The van der Waals surface area contributed by atoms with Crippen molar-refractivity contribution in [1.29, 1.82) is 0 Å². The van der Waals surface area contributed by atoms with Crippen molar-refractivity contribution in [3.63, 3.8) is 0 Å². The average Bonchev–Trinajstić information content (AvgIpc) is 2.87. The van der Waals surface area contributed by atoms with Crippen LogP contribution >= 0.6 is 34.7 Å². The number of anilines is 2. The monoisotopic (exact) mass is 307 g/mol. The lowest BCUT2D eigenvalue weighted by Gasteiger charge is -2.10. The maximum Gasteiger partial charge on any atom is 0.225 e. The number of thioether (sulfide) groups is 1. The van der Waals surface area contributed by atoms with E-state index in [-0.39, 0.29) is 5.28 Å². The first-order chi connectivity index (χ1) is 9.28. The summed E-state index contributed by atoms with van der Waals surface area (Å²) in [7, 11) is 0. The van der Waals surface area contributed by atoms with Crippen LogP contribution in [0.1, 0.15) is 0 Å². The Morgan fingerprint density at radius 2 is 2.05 bits per heavy atom. The summed E-state index contributed by atoms with van der Waals surface area (Å²) in [5.41, 5.74) is 1.03. The molecular weight excluding hydrogens is 298 g/mol. The molecule has 0 aliphatic heterocycles. The zero-order chi connectivity index (χ0) is 13.2. The largest absolute Gasteiger partial charge is 0.339 e. The van der Waals surface area contributed by atoms with Crippen LogP contribution < -0.4 is 5.32 Å². The van der Waals surface area contributed by atoms with Crippen molar-refractivity contribution in [1.82, 2.24) is 9.97 Å². The predicted octanol–water partition coefficient (Wildman–Crippen LogP) is 4.81. The number of hydrogen-bond donors (Lipinski definition) is 1. The van der Waals surface area contributed by atoms with Crippen molar-refractivity contribution in [3.8, 4) is 0 Å². The number of halogens is 1. The van der Waals surface area contributed by atoms with Gasteiger partial charge in [-0.1, -0.05) is 12.1 Å². The molecule has 0 aliphatic carbocycles. The normalized spacial score (nSPS) is 10.8. The molecule has 3 rings (SSSR count). The van der Waals surface area contributed by atoms with E-state index in [1.165, 1.54) is 4.90 Å². The van der Waals surface area contributed by atoms with Gasteiger partial charge in [0.1, 0.15) is 10.6 Å². The zero-order valence-corrected chi connectivity index (χ0v) is 12.4. The van der Waals surface area contributed by atoms with Gasteiger partial charge in [0.05, 0.1) is 11.1 Å². The molecule has 0 saturated heterocycles. The van der Waals surface area contributed by atoms with Crippen LogP contribution in [0.5, 0.6) is 0 Å². The standard InChI is InChI=1S/C13H10ClN3S2/c1-18-10-5-3-2-4-9(10)15-11-8-6-7-19-12(8)17-13(14)16-11/h2-7H,1H3,(H,15,16,17). The summed E-state index contributed by atoms with van der Waals surface area (Å²) in [4.78, 5) is 10.6. The van der Waals surface area contributed by atoms with Gasteiger partial charge < -0.3 is 5.32 Å². The van der Waals surface area contributed by atoms with Crippen LogP contribution in [0.4, 0.5) is 11.5 Å². The molecule has 3 nitrogen and oxygen atoms in total. The number of rotatable bonds is 3. The van der Waals surface area contributed by atoms with Gasteiger partial charge in [0.25, 0.3) is 0 Å². The van der Waals surface area contributed by atoms with E-state index in [0.29, 0.717) is 0 Å². The maximum atomic E-state index is 5.96. The first-order valence-corrected chi connectivity index (χ1v) is 8.07. The summed E-state index contributed by atoms with van der Waals surface area (Å²) in [5.74, 6) is 0.748. The molecule has 2 heterocycles. The molecule has 0 spiro atoms. The van der Waals surface area contributed by atoms with E-state index in [1.54, 1.807) is 23.1 Å². The SMILES string of the molecule is CSc1ccccc1Nc1nc(Cl)nc2sccc12. The van der Waals surface area contributed by atoms with Crippen LogP contribution in [-0.4, -0.2) is 16.2 Å². The summed E-state index contributed by atoms with van der Waals surface area (Å²) in [6, 6.07) is 10.1. The molecule has 0 unspecified atom stereocenters. The van der Waals surface area contributed by atoms with Gasteiger partial charge in [0, 0.05) is 4.90 Å². The Morgan fingerprint density at radius 1 is 1.21 bits per heavy atom. The maximum absolute atomic E-state index is 5.96. The first kappa shape index (κ1) is 12.7. The van der Waals surface area contributed by atoms with E-state index in [0.717, 1.165) is 21.7 Å². The van der Waals surface area contributed by atoms with Gasteiger partial charge in [-0.25, -0.2) is 4.98 Å². The smallest absolute Gasteiger partial charge is 0.225 e. The molecule has 2 aromatic heterocycles. The van der Waals surface area contributed by atoms with Crippen molar-refractivity contribution < 1.29 is 0 Å². The molecule has 96 valence electrons. The molecule has 0 saturated carbocycles. The first-order valence-electron chi connectivity index (χ1n) is 5.58. The Kier molecular flexibility index (Phi) is 3.59. The fourth-order valence-corrected chi connectivity index (χ4v) is 3.34. The lowest BCUT2D eigenvalue weighted by atomic mass is 10.3. The van der Waals surface area contributed by atoms with Crippen LogP contribution in [0.3, 0.4) is 0 Å². The molecule has 0 fully saturated rings. The van der Waals surface area contributed by atoms with E-state index in [9.17, 15) is 0 Å². The predicted molar refractivity (Wildman–Crippen MR) is 83.9 cm³/mol. The Morgan fingerprint density at radius 3 is 2.89 bits per heavy atom. The van der Waals surface area contributed by atoms with Crippen LogP contribution in [-0.2, 0) is 0 Å². The number of aromatic nitrogens is 2. The number of benzene rings is 1. The summed E-state index contributed by atoms with van der Waals surface area (Å²) in [6.07, 6.45) is 2.05. The fourth-order valence-electron chi connectivity index (χ4n) is 1.80. The molecule has 1 N–H and O–H groups in total. The number of hydrogen-bond acceptors (Lipinski definition) is 5. The lowest BCUT2D eigenvalue weighted by molar-refractivity contribution is 1.22. The highest BCUT2D eigenvalue weighted by Gasteiger charge is 2.09. The minimum Gasteiger partial charge on any atom is -0.339 e. The van der Waals surface area contributed by atoms with E-state index in [1.807, 2.05) is 35.9 Å². The zero-order valence-electron chi connectivity index (χ0n) is 10.1. The third kappa shape index (κ3) is 2.54. The Hall–Kier alpha value is -1.30. The second-order valence-corrected chi connectivity index (χ2v) is 5.89. The molecule has 0 bridgehead atoms. The van der Waals surface area contributed by atoms with Gasteiger partial charge in [-0.2, -0.15) is 4.98 Å². The number of nitrogens with zero attached hydrogens (tertiary/aromatic N) is 2. The molecule has 1 aromatic carbocycles. The fraction of sp³-hybridized carbons (Fsp3) is 0.0769. The summed E-state index contributed by atoms with van der Waals surface area (Å²) >= 11 is 9.21. The van der Waals surface area contributed by atoms with Crippen LogP contribution in [0.25, 0.3) is 10.2 Å². The molecule has 6 heteroatoms. The minimum atomic E-state index is 0.263. The minimum absolute atomic E-state index is 0.263. The van der Waals surface area contributed by atoms with E-state index < -0.39 is 0 Å². The molecule has 0 atom stereocenters. The second kappa shape index (κ2) is 5.36. The van der Waals surface area contributed by atoms with Crippen molar-refractivity contribution in [2.45, 2.75) is 4.90 Å². The Labute approximate surface area is 124 Å². The summed E-state index contributed by atoms with van der Waals surface area (Å²) in [6.45, 7) is 0. The van der Waals surface area contributed by atoms with Crippen LogP contribution in [0.2, 0.25) is 5.28 Å². The Balaban J connectivity index is 2.07. The Bertz CT molecular complexity index is 727. The van der Waals surface area contributed by atoms with Crippen molar-refractivity contribution in [2.24, 2.45) is 0 Å².